The van der Waals surface area contributed by atoms with Gasteiger partial charge in [-0.25, -0.2) is 18.4 Å². The molecule has 1 aliphatic carbocycles. The van der Waals surface area contributed by atoms with Gasteiger partial charge >= 0.3 is 5.69 Å². The van der Waals surface area contributed by atoms with Crippen molar-refractivity contribution < 1.29 is 23.8 Å². The van der Waals surface area contributed by atoms with Crippen LogP contribution in [0.2, 0.25) is 0 Å². The summed E-state index contributed by atoms with van der Waals surface area (Å²) in [4.78, 5) is 45.0. The Morgan fingerprint density at radius 2 is 1.89 bits per heavy atom. The maximum atomic E-state index is 14.8. The maximum Gasteiger partial charge on any atom is 0.333 e. The Bertz CT molecular complexity index is 1850. The van der Waals surface area contributed by atoms with E-state index < -0.39 is 34.8 Å². The van der Waals surface area contributed by atoms with Crippen LogP contribution in [0.3, 0.4) is 0 Å². The second kappa shape index (κ2) is 12.8. The predicted octanol–water partition coefficient (Wildman–Crippen LogP) is 4.29. The molecule has 0 bridgehead atoms. The molecule has 1 saturated heterocycles. The van der Waals surface area contributed by atoms with E-state index in [1.54, 1.807) is 41.9 Å². The third kappa shape index (κ3) is 5.80. The molecule has 2 aliphatic rings. The van der Waals surface area contributed by atoms with Crippen LogP contribution < -0.4 is 16.0 Å². The number of aliphatic hydroxyl groups excluding tert-OH is 1. The Kier molecular flexibility index (Phi) is 8.92. The van der Waals surface area contributed by atoms with Crippen molar-refractivity contribution in [2.45, 2.75) is 89.7 Å². The summed E-state index contributed by atoms with van der Waals surface area (Å²) < 4.78 is 31.2. The minimum Gasteiger partial charge on any atom is -0.496 e. The van der Waals surface area contributed by atoms with Gasteiger partial charge in [0, 0.05) is 36.6 Å². The molecule has 1 saturated carbocycles. The van der Waals surface area contributed by atoms with Gasteiger partial charge in [-0.15, -0.1) is 0 Å². The SMILES string of the molecule is COc1ccc(F)cc1[C@H](Cn1c(=O)n(C(C)(C)C(=O)N2CCCC2)c(=O)c2c(C)c(-n3cccn3)sc21)O[C@H]1CC[C@@H](O)CC1. The van der Waals surface area contributed by atoms with Crippen molar-refractivity contribution in [3.05, 3.63) is 74.4 Å². The molecule has 3 aromatic heterocycles. The van der Waals surface area contributed by atoms with Crippen LogP contribution in [0.1, 0.15) is 69.6 Å². The molecule has 0 radical (unpaired) electrons. The molecule has 1 aliphatic heterocycles. The van der Waals surface area contributed by atoms with Crippen LogP contribution in [0.15, 0.2) is 46.2 Å². The summed E-state index contributed by atoms with van der Waals surface area (Å²) in [5.41, 5.74) is -1.65. The first-order chi connectivity index (χ1) is 22.0. The minimum atomic E-state index is -1.49. The molecule has 1 aromatic carbocycles. The fraction of sp³-hybridized carbons (Fsp3) is 0.515. The molecule has 1 amide bonds. The van der Waals surface area contributed by atoms with Crippen molar-refractivity contribution in [1.82, 2.24) is 23.8 Å². The van der Waals surface area contributed by atoms with Crippen LogP contribution in [0.5, 0.6) is 5.75 Å². The van der Waals surface area contributed by atoms with Crippen LogP contribution in [0, 0.1) is 12.7 Å². The summed E-state index contributed by atoms with van der Waals surface area (Å²) in [6.07, 6.45) is 5.94. The second-order valence-corrected chi connectivity index (χ2v) is 13.7. The predicted molar refractivity (Wildman–Crippen MR) is 172 cm³/mol. The average Bonchev–Trinajstić information content (AvgIpc) is 3.81. The number of amides is 1. The van der Waals surface area contributed by atoms with E-state index in [-0.39, 0.29) is 18.6 Å². The zero-order valence-corrected chi connectivity index (χ0v) is 27.4. The van der Waals surface area contributed by atoms with Crippen LogP contribution in [0.25, 0.3) is 15.2 Å². The molecule has 1 atom stereocenters. The van der Waals surface area contributed by atoms with E-state index in [1.807, 2.05) is 6.92 Å². The molecular formula is C33H40FN5O6S. The molecule has 0 spiro atoms. The van der Waals surface area contributed by atoms with Crippen molar-refractivity contribution in [1.29, 1.82) is 0 Å². The number of likely N-dealkylation sites (tertiary alicyclic amines) is 1. The van der Waals surface area contributed by atoms with Gasteiger partial charge in [0.2, 0.25) is 5.91 Å². The van der Waals surface area contributed by atoms with Gasteiger partial charge in [0.05, 0.1) is 31.2 Å². The highest BCUT2D eigenvalue weighted by Crippen LogP contribution is 2.36. The number of nitrogens with zero attached hydrogens (tertiary/aromatic N) is 5. The maximum absolute atomic E-state index is 14.8. The quantitative estimate of drug-likeness (QED) is 0.286. The highest BCUT2D eigenvalue weighted by molar-refractivity contribution is 7.21. The van der Waals surface area contributed by atoms with Gasteiger partial charge in [-0.2, -0.15) is 5.10 Å². The number of aliphatic hydroxyl groups is 1. The number of ether oxygens (including phenoxy) is 2. The number of thiophene rings is 1. The van der Waals surface area contributed by atoms with Crippen molar-refractivity contribution >= 4 is 27.5 Å². The molecule has 4 heterocycles. The Morgan fingerprint density at radius 1 is 1.17 bits per heavy atom. The summed E-state index contributed by atoms with van der Waals surface area (Å²) >= 11 is 1.25. The Labute approximate surface area is 269 Å². The lowest BCUT2D eigenvalue weighted by molar-refractivity contribution is -0.138. The summed E-state index contributed by atoms with van der Waals surface area (Å²) in [6, 6.07) is 5.93. The second-order valence-electron chi connectivity index (χ2n) is 12.7. The number of benzene rings is 1. The number of hydrogen-bond donors (Lipinski definition) is 1. The Morgan fingerprint density at radius 3 is 2.54 bits per heavy atom. The van der Waals surface area contributed by atoms with E-state index in [9.17, 15) is 23.9 Å². The Balaban J connectivity index is 1.56. The van der Waals surface area contributed by atoms with E-state index in [0.717, 1.165) is 17.4 Å². The number of fused-ring (bicyclic) bond motifs is 1. The first kappa shape index (κ1) is 32.1. The van der Waals surface area contributed by atoms with Crippen LogP contribution >= 0.6 is 11.3 Å². The molecule has 2 fully saturated rings. The number of carbonyl (C=O) groups excluding carboxylic acids is 1. The molecule has 11 nitrogen and oxygen atoms in total. The molecule has 46 heavy (non-hydrogen) atoms. The van der Waals surface area contributed by atoms with Crippen molar-refractivity contribution in [3.8, 4) is 10.8 Å². The number of rotatable bonds is 9. The van der Waals surface area contributed by atoms with E-state index in [4.69, 9.17) is 9.47 Å². The number of aryl methyl sites for hydroxylation is 1. The van der Waals surface area contributed by atoms with E-state index >= 15 is 0 Å². The number of aromatic nitrogens is 4. The first-order valence-corrected chi connectivity index (χ1v) is 16.6. The summed E-state index contributed by atoms with van der Waals surface area (Å²) in [5.74, 6) is -0.393. The van der Waals surface area contributed by atoms with Crippen molar-refractivity contribution in [2.24, 2.45) is 0 Å². The van der Waals surface area contributed by atoms with Gasteiger partial charge in [0.25, 0.3) is 5.56 Å². The summed E-state index contributed by atoms with van der Waals surface area (Å²) in [6.45, 7) is 6.09. The number of hydrogen-bond acceptors (Lipinski definition) is 8. The topological polar surface area (TPSA) is 121 Å². The number of halogens is 1. The van der Waals surface area contributed by atoms with Gasteiger partial charge in [0.15, 0.2) is 0 Å². The largest absolute Gasteiger partial charge is 0.496 e. The first-order valence-electron chi connectivity index (χ1n) is 15.8. The molecular weight excluding hydrogens is 613 g/mol. The summed E-state index contributed by atoms with van der Waals surface area (Å²) in [5, 5.41) is 15.4. The standard InChI is InChI=1S/C33H40FN5O6S/c1-20-27-28(41)39(33(2,3)31(42)36-15-5-6-16-36)32(43)37(30(27)46-29(20)38-17-7-14-35-38)19-26(45-23-11-9-22(40)10-12-23)24-18-21(34)8-13-25(24)44-4/h7-8,13-14,17-18,22-23,26,40H,5-6,9-12,15-16,19H2,1-4H3/t22-,23+,26-/m0/s1. The summed E-state index contributed by atoms with van der Waals surface area (Å²) in [7, 11) is 1.49. The smallest absolute Gasteiger partial charge is 0.333 e. The van der Waals surface area contributed by atoms with Crippen molar-refractivity contribution in [3.63, 3.8) is 0 Å². The molecule has 246 valence electrons. The zero-order chi connectivity index (χ0) is 32.7. The number of carbonyl (C=O) groups is 1. The molecule has 4 aromatic rings. The fourth-order valence-electron chi connectivity index (χ4n) is 6.75. The normalized spacial score (nSPS) is 19.6. The molecule has 6 rings (SSSR count). The van der Waals surface area contributed by atoms with Crippen LogP contribution in [-0.2, 0) is 21.6 Å². The van der Waals surface area contributed by atoms with E-state index in [2.05, 4.69) is 5.10 Å². The lowest BCUT2D eigenvalue weighted by atomic mass is 9.94. The lowest BCUT2D eigenvalue weighted by Crippen LogP contribution is -2.56. The Hall–Kier alpha value is -3.81. The molecule has 1 N–H and O–H groups in total. The van der Waals surface area contributed by atoms with Gasteiger partial charge in [-0.3, -0.25) is 14.2 Å². The average molecular weight is 654 g/mol. The highest BCUT2D eigenvalue weighted by atomic mass is 32.1. The van der Waals surface area contributed by atoms with Gasteiger partial charge in [-0.1, -0.05) is 11.3 Å². The van der Waals surface area contributed by atoms with Gasteiger partial charge < -0.3 is 19.5 Å². The lowest BCUT2D eigenvalue weighted by Gasteiger charge is -2.32. The minimum absolute atomic E-state index is 0.0824. The third-order valence-electron chi connectivity index (χ3n) is 9.26. The van der Waals surface area contributed by atoms with E-state index in [1.165, 1.54) is 41.2 Å². The third-order valence-corrected chi connectivity index (χ3v) is 10.6. The fourth-order valence-corrected chi connectivity index (χ4v) is 8.00. The number of methoxy groups -OCH3 is 1. The van der Waals surface area contributed by atoms with Crippen LogP contribution in [-0.4, -0.2) is 67.2 Å². The van der Waals surface area contributed by atoms with Gasteiger partial charge in [-0.05, 0) is 83.6 Å². The van der Waals surface area contributed by atoms with Crippen molar-refractivity contribution in [2.75, 3.05) is 20.2 Å². The van der Waals surface area contributed by atoms with E-state index in [0.29, 0.717) is 70.9 Å². The highest BCUT2D eigenvalue weighted by Gasteiger charge is 2.39. The molecule has 13 heteroatoms. The zero-order valence-electron chi connectivity index (χ0n) is 26.6. The van der Waals surface area contributed by atoms with Crippen LogP contribution in [0.4, 0.5) is 4.39 Å². The monoisotopic (exact) mass is 653 g/mol. The molecule has 0 unspecified atom stereocenters. The van der Waals surface area contributed by atoms with Gasteiger partial charge in [0.1, 0.15) is 33.0 Å².